The predicted octanol–water partition coefficient (Wildman–Crippen LogP) is 3.37. The second kappa shape index (κ2) is 9.65. The summed E-state index contributed by atoms with van der Waals surface area (Å²) in [5.74, 6) is 1.33. The summed E-state index contributed by atoms with van der Waals surface area (Å²) in [6, 6.07) is 11.2. The molecule has 0 aliphatic rings. The highest BCUT2D eigenvalue weighted by molar-refractivity contribution is 7.09. The second-order valence-electron chi connectivity index (χ2n) is 7.13. The van der Waals surface area contributed by atoms with Crippen molar-refractivity contribution in [3.05, 3.63) is 68.3 Å². The van der Waals surface area contributed by atoms with E-state index in [1.165, 1.54) is 4.52 Å². The van der Waals surface area contributed by atoms with Crippen molar-refractivity contribution in [1.29, 1.82) is 0 Å². The number of nitrogens with one attached hydrogen (secondary N) is 3. The van der Waals surface area contributed by atoms with Crippen LogP contribution < -0.4 is 20.9 Å². The number of aromatic nitrogens is 4. The van der Waals surface area contributed by atoms with Crippen molar-refractivity contribution in [2.45, 2.75) is 33.2 Å². The number of anilines is 2. The number of benzene rings is 1. The summed E-state index contributed by atoms with van der Waals surface area (Å²) in [6.45, 7) is 4.86. The first-order valence-electron chi connectivity index (χ1n) is 10.3. The number of aromatic amines is 1. The van der Waals surface area contributed by atoms with Crippen LogP contribution in [0.4, 0.5) is 11.6 Å². The minimum Gasteiger partial charge on any atom is -0.494 e. The molecule has 1 amide bonds. The quantitative estimate of drug-likeness (QED) is 0.359. The summed E-state index contributed by atoms with van der Waals surface area (Å²) < 4.78 is 6.71. The molecule has 10 heteroatoms. The summed E-state index contributed by atoms with van der Waals surface area (Å²) in [7, 11) is 0. The molecule has 166 valence electrons. The van der Waals surface area contributed by atoms with Gasteiger partial charge in [-0.05, 0) is 56.0 Å². The van der Waals surface area contributed by atoms with Gasteiger partial charge in [0.15, 0.2) is 0 Å². The summed E-state index contributed by atoms with van der Waals surface area (Å²) in [5, 5.41) is 11.0. The van der Waals surface area contributed by atoms with E-state index in [2.05, 4.69) is 25.7 Å². The van der Waals surface area contributed by atoms with Crippen LogP contribution in [0.5, 0.6) is 5.75 Å². The van der Waals surface area contributed by atoms with Gasteiger partial charge in [0.1, 0.15) is 5.75 Å². The number of ether oxygens (including phenoxy) is 1. The number of nitrogens with zero attached hydrogens (tertiary/aromatic N) is 3. The van der Waals surface area contributed by atoms with E-state index in [0.717, 1.165) is 10.6 Å². The van der Waals surface area contributed by atoms with Gasteiger partial charge in [-0.2, -0.15) is 9.50 Å². The molecular weight excluding hydrogens is 428 g/mol. The number of rotatable bonds is 9. The van der Waals surface area contributed by atoms with Crippen molar-refractivity contribution < 1.29 is 9.53 Å². The van der Waals surface area contributed by atoms with Gasteiger partial charge in [-0.25, -0.2) is 4.98 Å². The molecule has 9 nitrogen and oxygen atoms in total. The monoisotopic (exact) mass is 452 g/mol. The lowest BCUT2D eigenvalue weighted by Gasteiger charge is -2.08. The second-order valence-corrected chi connectivity index (χ2v) is 8.16. The topological polar surface area (TPSA) is 113 Å². The number of H-pyrrole nitrogens is 1. The standard InChI is InChI=1S/C22H24N6O3S/c1-3-31-16-8-6-15(7-9-16)25-19(29)11-10-18-14(2)24-22-26-21(27-28(22)20(18)30)23-13-17-5-4-12-32-17/h4-9,12H,3,10-11,13H2,1-2H3,(H,25,29)(H2,23,24,26,27). The summed E-state index contributed by atoms with van der Waals surface area (Å²) in [4.78, 5) is 35.3. The van der Waals surface area contributed by atoms with Gasteiger partial charge in [-0.15, -0.1) is 11.3 Å². The summed E-state index contributed by atoms with van der Waals surface area (Å²) >= 11 is 1.64. The Morgan fingerprint density at radius 1 is 1.22 bits per heavy atom. The van der Waals surface area contributed by atoms with Crippen molar-refractivity contribution in [3.63, 3.8) is 0 Å². The van der Waals surface area contributed by atoms with Crippen molar-refractivity contribution in [1.82, 2.24) is 19.6 Å². The molecular formula is C22H24N6O3S. The molecule has 0 bridgehead atoms. The first-order valence-corrected chi connectivity index (χ1v) is 11.2. The van der Waals surface area contributed by atoms with Gasteiger partial charge >= 0.3 is 0 Å². The number of carbonyl (C=O) groups excluding carboxylic acids is 1. The third-order valence-electron chi connectivity index (χ3n) is 4.86. The Kier molecular flexibility index (Phi) is 6.50. The number of hydrogen-bond acceptors (Lipinski definition) is 7. The van der Waals surface area contributed by atoms with Gasteiger partial charge in [-0.1, -0.05) is 6.07 Å². The fourth-order valence-corrected chi connectivity index (χ4v) is 3.91. The molecule has 0 spiro atoms. The van der Waals surface area contributed by atoms with Gasteiger partial charge in [0.25, 0.3) is 11.3 Å². The SMILES string of the molecule is CCOc1ccc(NC(=O)CCc2c(C)nc3nc(NCc4cccs4)[nH]n3c2=O)cc1. The minimum absolute atomic E-state index is 0.161. The fourth-order valence-electron chi connectivity index (χ4n) is 3.27. The first kappa shape index (κ1) is 21.6. The van der Waals surface area contributed by atoms with Crippen molar-refractivity contribution in [3.8, 4) is 5.75 Å². The predicted molar refractivity (Wildman–Crippen MR) is 125 cm³/mol. The molecule has 4 rings (SSSR count). The number of aryl methyl sites for hydroxylation is 1. The Labute approximate surface area is 188 Å². The lowest BCUT2D eigenvalue weighted by molar-refractivity contribution is -0.116. The third-order valence-corrected chi connectivity index (χ3v) is 5.73. The van der Waals surface area contributed by atoms with Crippen LogP contribution in [0.25, 0.3) is 5.78 Å². The first-order chi connectivity index (χ1) is 15.5. The van der Waals surface area contributed by atoms with Crippen LogP contribution in [0.3, 0.4) is 0 Å². The van der Waals surface area contributed by atoms with Gasteiger partial charge < -0.3 is 15.4 Å². The number of hydrogen-bond donors (Lipinski definition) is 3. The number of amides is 1. The van der Waals surface area contributed by atoms with Crippen LogP contribution in [0, 0.1) is 6.92 Å². The normalized spacial score (nSPS) is 10.9. The molecule has 0 saturated heterocycles. The van der Waals surface area contributed by atoms with Crippen LogP contribution in [-0.4, -0.2) is 32.1 Å². The maximum Gasteiger partial charge on any atom is 0.277 e. The highest BCUT2D eigenvalue weighted by Crippen LogP contribution is 2.16. The van der Waals surface area contributed by atoms with E-state index >= 15 is 0 Å². The average molecular weight is 453 g/mol. The molecule has 3 heterocycles. The van der Waals surface area contributed by atoms with E-state index in [1.54, 1.807) is 42.5 Å². The highest BCUT2D eigenvalue weighted by Gasteiger charge is 2.15. The summed E-state index contributed by atoms with van der Waals surface area (Å²) in [6.07, 6.45) is 0.440. The lowest BCUT2D eigenvalue weighted by atomic mass is 10.1. The zero-order valence-corrected chi connectivity index (χ0v) is 18.7. The maximum atomic E-state index is 12.9. The van der Waals surface area contributed by atoms with Crippen molar-refractivity contribution in [2.24, 2.45) is 0 Å². The molecule has 3 N–H and O–H groups in total. The average Bonchev–Trinajstić information content (AvgIpc) is 3.43. The Hall–Kier alpha value is -3.66. The lowest BCUT2D eigenvalue weighted by Crippen LogP contribution is -2.23. The van der Waals surface area contributed by atoms with Crippen LogP contribution in [0.2, 0.25) is 0 Å². The number of fused-ring (bicyclic) bond motifs is 1. The smallest absolute Gasteiger partial charge is 0.277 e. The number of thiophene rings is 1. The Bertz CT molecular complexity index is 1260. The molecule has 0 unspecified atom stereocenters. The molecule has 3 aromatic heterocycles. The zero-order chi connectivity index (χ0) is 22.5. The van der Waals surface area contributed by atoms with Gasteiger partial charge in [-0.3, -0.25) is 14.7 Å². The van der Waals surface area contributed by atoms with E-state index in [1.807, 2.05) is 24.4 Å². The van der Waals surface area contributed by atoms with Crippen LogP contribution in [0.1, 0.15) is 29.5 Å². The molecule has 0 fully saturated rings. The minimum atomic E-state index is -0.252. The Morgan fingerprint density at radius 2 is 2.03 bits per heavy atom. The number of carbonyl (C=O) groups is 1. The van der Waals surface area contributed by atoms with E-state index in [4.69, 9.17) is 4.74 Å². The molecule has 0 saturated carbocycles. The van der Waals surface area contributed by atoms with Crippen molar-refractivity contribution >= 4 is 34.7 Å². The van der Waals surface area contributed by atoms with Crippen molar-refractivity contribution in [2.75, 3.05) is 17.2 Å². The molecule has 1 aromatic carbocycles. The highest BCUT2D eigenvalue weighted by atomic mass is 32.1. The Balaban J connectivity index is 1.41. The van der Waals surface area contributed by atoms with Gasteiger partial charge in [0.05, 0.1) is 18.8 Å². The van der Waals surface area contributed by atoms with E-state index in [0.29, 0.717) is 41.8 Å². The molecule has 32 heavy (non-hydrogen) atoms. The molecule has 0 aliphatic heterocycles. The van der Waals surface area contributed by atoms with Crippen LogP contribution >= 0.6 is 11.3 Å². The molecule has 0 aliphatic carbocycles. The maximum absolute atomic E-state index is 12.9. The van der Waals surface area contributed by atoms with Crippen LogP contribution in [0.15, 0.2) is 46.6 Å². The Morgan fingerprint density at radius 3 is 2.75 bits per heavy atom. The van der Waals surface area contributed by atoms with Gasteiger partial charge in [0, 0.05) is 22.5 Å². The van der Waals surface area contributed by atoms with Crippen LogP contribution in [-0.2, 0) is 17.8 Å². The summed E-state index contributed by atoms with van der Waals surface area (Å²) in [5.41, 5.74) is 1.48. The molecule has 0 radical (unpaired) electrons. The van der Waals surface area contributed by atoms with E-state index in [9.17, 15) is 9.59 Å². The fraction of sp³-hybridized carbons (Fsp3) is 0.273. The third kappa shape index (κ3) is 4.97. The van der Waals surface area contributed by atoms with Gasteiger partial charge in [0.2, 0.25) is 11.9 Å². The van der Waals surface area contributed by atoms with E-state index < -0.39 is 0 Å². The zero-order valence-electron chi connectivity index (χ0n) is 17.8. The largest absolute Gasteiger partial charge is 0.494 e. The molecule has 0 atom stereocenters. The van der Waals surface area contributed by atoms with E-state index in [-0.39, 0.29) is 24.3 Å². The molecule has 4 aromatic rings.